The van der Waals surface area contributed by atoms with Gasteiger partial charge in [-0.25, -0.2) is 4.79 Å². The number of carbonyl (C=O) groups excluding carboxylic acids is 3. The van der Waals surface area contributed by atoms with Gasteiger partial charge in [-0.3, -0.25) is 20.2 Å². The van der Waals surface area contributed by atoms with Crippen molar-refractivity contribution in [3.63, 3.8) is 0 Å². The summed E-state index contributed by atoms with van der Waals surface area (Å²) in [6, 6.07) is 4.39. The van der Waals surface area contributed by atoms with E-state index in [9.17, 15) is 14.4 Å². The molecule has 1 heterocycles. The van der Waals surface area contributed by atoms with Crippen LogP contribution in [0.4, 0.5) is 4.79 Å². The summed E-state index contributed by atoms with van der Waals surface area (Å²) in [6.45, 7) is 5.14. The third-order valence-electron chi connectivity index (χ3n) is 4.28. The van der Waals surface area contributed by atoms with Gasteiger partial charge in [0.25, 0.3) is 11.8 Å². The summed E-state index contributed by atoms with van der Waals surface area (Å²) in [6.07, 6.45) is 8.52. The minimum absolute atomic E-state index is 0.136. The van der Waals surface area contributed by atoms with Crippen LogP contribution >= 0.6 is 0 Å². The molecular formula is C21H28N2O5. The monoisotopic (exact) mass is 388 g/mol. The van der Waals surface area contributed by atoms with E-state index in [1.165, 1.54) is 31.8 Å². The van der Waals surface area contributed by atoms with E-state index >= 15 is 0 Å². The lowest BCUT2D eigenvalue weighted by Gasteiger charge is -2.15. The average Bonchev–Trinajstić information content (AvgIpc) is 2.65. The third kappa shape index (κ3) is 6.40. The summed E-state index contributed by atoms with van der Waals surface area (Å²) in [4.78, 5) is 34.8. The van der Waals surface area contributed by atoms with E-state index in [0.29, 0.717) is 30.3 Å². The number of ether oxygens (including phenoxy) is 2. The normalized spacial score (nSPS) is 13.8. The van der Waals surface area contributed by atoms with Crippen LogP contribution in [-0.4, -0.2) is 31.1 Å². The number of urea groups is 1. The Morgan fingerprint density at radius 3 is 2.21 bits per heavy atom. The molecule has 0 radical (unpaired) electrons. The predicted octanol–water partition coefficient (Wildman–Crippen LogP) is 3.57. The number of barbiturate groups is 1. The first-order chi connectivity index (χ1) is 13.5. The number of nitrogens with one attached hydrogen (secondary N) is 2. The lowest BCUT2D eigenvalue weighted by atomic mass is 10.1. The zero-order valence-electron chi connectivity index (χ0n) is 16.5. The van der Waals surface area contributed by atoms with Crippen LogP contribution in [0.5, 0.6) is 11.5 Å². The summed E-state index contributed by atoms with van der Waals surface area (Å²) in [5, 5.41) is 4.10. The minimum atomic E-state index is -0.819. The molecule has 1 aromatic rings. The molecule has 152 valence electrons. The Bertz CT molecular complexity index is 720. The van der Waals surface area contributed by atoms with E-state index in [4.69, 9.17) is 9.47 Å². The summed E-state index contributed by atoms with van der Waals surface area (Å²) < 4.78 is 11.5. The molecule has 2 N–H and O–H groups in total. The van der Waals surface area contributed by atoms with Gasteiger partial charge in [0.15, 0.2) is 11.5 Å². The SMILES string of the molecule is CCCCCCCCOc1ccc(C=C2C(=O)NC(=O)NC2=O)cc1OCC. The quantitative estimate of drug-likeness (QED) is 0.343. The molecule has 0 aromatic heterocycles. The zero-order valence-corrected chi connectivity index (χ0v) is 16.5. The van der Waals surface area contributed by atoms with Gasteiger partial charge < -0.3 is 9.47 Å². The van der Waals surface area contributed by atoms with Crippen LogP contribution in [-0.2, 0) is 9.59 Å². The van der Waals surface area contributed by atoms with Crippen LogP contribution in [0.2, 0.25) is 0 Å². The highest BCUT2D eigenvalue weighted by atomic mass is 16.5. The van der Waals surface area contributed by atoms with Crippen molar-refractivity contribution in [2.75, 3.05) is 13.2 Å². The number of rotatable bonds is 11. The molecule has 4 amide bonds. The molecule has 1 aliphatic heterocycles. The van der Waals surface area contributed by atoms with Crippen molar-refractivity contribution in [1.29, 1.82) is 0 Å². The zero-order chi connectivity index (χ0) is 20.4. The van der Waals surface area contributed by atoms with Gasteiger partial charge in [0.2, 0.25) is 0 Å². The van der Waals surface area contributed by atoms with Gasteiger partial charge in [-0.05, 0) is 37.1 Å². The largest absolute Gasteiger partial charge is 0.490 e. The van der Waals surface area contributed by atoms with Gasteiger partial charge in [-0.2, -0.15) is 0 Å². The Hall–Kier alpha value is -2.83. The number of hydrogen-bond donors (Lipinski definition) is 2. The van der Waals surface area contributed by atoms with E-state index in [-0.39, 0.29) is 5.57 Å². The summed E-state index contributed by atoms with van der Waals surface area (Å²) in [7, 11) is 0. The average molecular weight is 388 g/mol. The summed E-state index contributed by atoms with van der Waals surface area (Å²) >= 11 is 0. The predicted molar refractivity (Wildman–Crippen MR) is 106 cm³/mol. The van der Waals surface area contributed by atoms with E-state index < -0.39 is 17.8 Å². The Morgan fingerprint density at radius 2 is 1.54 bits per heavy atom. The number of hydrogen-bond acceptors (Lipinski definition) is 5. The molecule has 0 unspecified atom stereocenters. The molecule has 0 bridgehead atoms. The number of carbonyl (C=O) groups is 3. The van der Waals surface area contributed by atoms with E-state index in [2.05, 4.69) is 6.92 Å². The first-order valence-electron chi connectivity index (χ1n) is 9.83. The van der Waals surface area contributed by atoms with Gasteiger partial charge in [0.1, 0.15) is 5.57 Å². The second-order valence-corrected chi connectivity index (χ2v) is 6.55. The smallest absolute Gasteiger partial charge is 0.328 e. The van der Waals surface area contributed by atoms with Crippen LogP contribution in [0.1, 0.15) is 57.9 Å². The van der Waals surface area contributed by atoms with Gasteiger partial charge in [0, 0.05) is 0 Å². The van der Waals surface area contributed by atoms with Gasteiger partial charge >= 0.3 is 6.03 Å². The standard InChI is InChI=1S/C21H28N2O5/c1-3-5-6-7-8-9-12-28-17-11-10-15(14-18(17)27-4-2)13-16-19(24)22-21(26)23-20(16)25/h10-11,13-14H,3-9,12H2,1-2H3,(H2,22,23,24,25,26). The molecule has 0 spiro atoms. The Labute approximate surface area is 165 Å². The molecule has 7 nitrogen and oxygen atoms in total. The van der Waals surface area contributed by atoms with E-state index in [1.807, 2.05) is 17.6 Å². The summed E-state index contributed by atoms with van der Waals surface area (Å²) in [5.74, 6) is -0.272. The second-order valence-electron chi connectivity index (χ2n) is 6.55. The van der Waals surface area contributed by atoms with Crippen molar-refractivity contribution in [2.24, 2.45) is 0 Å². The lowest BCUT2D eigenvalue weighted by Crippen LogP contribution is -2.51. The maximum atomic E-state index is 11.8. The van der Waals surface area contributed by atoms with Crippen molar-refractivity contribution in [3.8, 4) is 11.5 Å². The van der Waals surface area contributed by atoms with Crippen LogP contribution in [0.25, 0.3) is 6.08 Å². The fourth-order valence-electron chi connectivity index (χ4n) is 2.84. The van der Waals surface area contributed by atoms with Gasteiger partial charge in [-0.1, -0.05) is 45.1 Å². The number of unbranched alkanes of at least 4 members (excludes halogenated alkanes) is 5. The summed E-state index contributed by atoms with van der Waals surface area (Å²) in [5.41, 5.74) is 0.466. The first-order valence-corrected chi connectivity index (χ1v) is 9.83. The molecule has 1 saturated heterocycles. The highest BCUT2D eigenvalue weighted by Crippen LogP contribution is 2.30. The van der Waals surface area contributed by atoms with E-state index in [1.54, 1.807) is 18.2 Å². The van der Waals surface area contributed by atoms with Crippen LogP contribution < -0.4 is 20.1 Å². The Balaban J connectivity index is 2.01. The van der Waals surface area contributed by atoms with Crippen molar-refractivity contribution in [1.82, 2.24) is 10.6 Å². The molecule has 1 aliphatic rings. The lowest BCUT2D eigenvalue weighted by molar-refractivity contribution is -0.123. The van der Waals surface area contributed by atoms with Crippen LogP contribution in [0, 0.1) is 0 Å². The van der Waals surface area contributed by atoms with Crippen LogP contribution in [0.15, 0.2) is 23.8 Å². The van der Waals surface area contributed by atoms with Gasteiger partial charge in [0.05, 0.1) is 13.2 Å². The van der Waals surface area contributed by atoms with Crippen molar-refractivity contribution in [3.05, 3.63) is 29.3 Å². The third-order valence-corrected chi connectivity index (χ3v) is 4.28. The molecule has 28 heavy (non-hydrogen) atoms. The molecule has 2 rings (SSSR count). The van der Waals surface area contributed by atoms with Crippen LogP contribution in [0.3, 0.4) is 0 Å². The number of benzene rings is 1. The topological polar surface area (TPSA) is 93.7 Å². The Morgan fingerprint density at radius 1 is 0.857 bits per heavy atom. The maximum absolute atomic E-state index is 11.8. The molecule has 1 fully saturated rings. The fourth-order valence-corrected chi connectivity index (χ4v) is 2.84. The highest BCUT2D eigenvalue weighted by molar-refractivity contribution is 6.31. The molecular weight excluding hydrogens is 360 g/mol. The molecule has 0 aliphatic carbocycles. The fraction of sp³-hybridized carbons (Fsp3) is 0.476. The second kappa shape index (κ2) is 11.1. The minimum Gasteiger partial charge on any atom is -0.490 e. The van der Waals surface area contributed by atoms with Gasteiger partial charge in [-0.15, -0.1) is 0 Å². The molecule has 0 saturated carbocycles. The van der Waals surface area contributed by atoms with Crippen molar-refractivity contribution >= 4 is 23.9 Å². The van der Waals surface area contributed by atoms with Crippen molar-refractivity contribution in [2.45, 2.75) is 52.4 Å². The number of amides is 4. The van der Waals surface area contributed by atoms with Crippen molar-refractivity contribution < 1.29 is 23.9 Å². The Kier molecular flexibility index (Phi) is 8.52. The maximum Gasteiger partial charge on any atom is 0.328 e. The molecule has 7 heteroatoms. The molecule has 1 aromatic carbocycles. The first kappa shape index (κ1) is 21.5. The van der Waals surface area contributed by atoms with E-state index in [0.717, 1.165) is 12.8 Å². The molecule has 0 atom stereocenters. The number of imide groups is 2. The highest BCUT2D eigenvalue weighted by Gasteiger charge is 2.27.